The van der Waals surface area contributed by atoms with E-state index in [-0.39, 0.29) is 30.6 Å². The molecule has 1 atom stereocenters. The van der Waals surface area contributed by atoms with Crippen LogP contribution in [0.1, 0.15) is 51.6 Å². The molecule has 0 saturated heterocycles. The van der Waals surface area contributed by atoms with Gasteiger partial charge in [0.2, 0.25) is 11.8 Å². The smallest absolute Gasteiger partial charge is 0.267 e. The van der Waals surface area contributed by atoms with Gasteiger partial charge < -0.3 is 10.6 Å². The average molecular weight is 506 g/mol. The van der Waals surface area contributed by atoms with Gasteiger partial charge in [0.25, 0.3) is 17.7 Å². The summed E-state index contributed by atoms with van der Waals surface area (Å²) in [6.07, 6.45) is 4.60. The first kappa shape index (κ1) is 26.9. The van der Waals surface area contributed by atoms with E-state index in [1.807, 2.05) is 24.3 Å². The van der Waals surface area contributed by atoms with Gasteiger partial charge in [-0.2, -0.15) is 0 Å². The van der Waals surface area contributed by atoms with Crippen LogP contribution in [0.3, 0.4) is 0 Å². The number of nitrogens with one attached hydrogen (secondary N) is 3. The van der Waals surface area contributed by atoms with Crippen LogP contribution in [0.5, 0.6) is 0 Å². The van der Waals surface area contributed by atoms with E-state index < -0.39 is 35.6 Å². The molecule has 0 saturated carbocycles. The molecule has 0 aliphatic carbocycles. The van der Waals surface area contributed by atoms with E-state index >= 15 is 0 Å². The predicted molar refractivity (Wildman–Crippen MR) is 135 cm³/mol. The van der Waals surface area contributed by atoms with E-state index in [4.69, 9.17) is 0 Å². The van der Waals surface area contributed by atoms with E-state index in [0.29, 0.717) is 0 Å². The lowest BCUT2D eigenvalue weighted by Gasteiger charge is -2.18. The largest absolute Gasteiger partial charge is 0.350 e. The lowest BCUT2D eigenvalue weighted by Crippen LogP contribution is -2.52. The summed E-state index contributed by atoms with van der Waals surface area (Å²) in [7, 11) is 0. The van der Waals surface area contributed by atoms with E-state index in [0.717, 1.165) is 23.3 Å². The van der Waals surface area contributed by atoms with Crippen LogP contribution >= 0.6 is 0 Å². The topological polar surface area (TPSA) is 154 Å². The number of aryl methyl sites for hydroxylation is 1. The zero-order valence-corrected chi connectivity index (χ0v) is 20.2. The second-order valence-electron chi connectivity index (χ2n) is 8.32. The number of nitrogens with zero attached hydrogens (tertiary/aromatic N) is 2. The Labute approximate surface area is 213 Å². The molecule has 2 aromatic carbocycles. The third kappa shape index (κ3) is 7.17. The zero-order valence-electron chi connectivity index (χ0n) is 20.2. The van der Waals surface area contributed by atoms with Crippen LogP contribution < -0.4 is 16.1 Å². The minimum Gasteiger partial charge on any atom is -0.350 e. The molecule has 11 nitrogen and oxygen atoms in total. The van der Waals surface area contributed by atoms with Gasteiger partial charge in [-0.05, 0) is 35.8 Å². The Morgan fingerprint density at radius 1 is 1.00 bits per heavy atom. The Morgan fingerprint density at radius 3 is 2.24 bits per heavy atom. The molecule has 11 heteroatoms. The Bertz CT molecular complexity index is 1190. The summed E-state index contributed by atoms with van der Waals surface area (Å²) in [6.45, 7) is 1.57. The van der Waals surface area contributed by atoms with Gasteiger partial charge >= 0.3 is 0 Å². The fourth-order valence-electron chi connectivity index (χ4n) is 3.77. The van der Waals surface area contributed by atoms with Crippen molar-refractivity contribution in [2.75, 3.05) is 13.1 Å². The standard InChI is InChI=1S/C26H27N5O6/c1-2-5-17-8-10-18(11-9-17)12-13-22(32)27-16-21(24(34)29-30-37)28-23(33)14-15-31-25(35)19-6-3-4-7-20(19)26(31)36/h3-4,6-13,21H,2,5,14-16H2,1H3,(H,27,32)(H,28,33)(H,29,34,37)/b13-12+/t21-/m0/s1. The SMILES string of the molecule is CCCc1ccc(/C=C/C(=O)NC[C@H](NC(=O)CCN2C(=O)c3ccccc3C2=O)C(=O)NN=O)cc1. The molecule has 0 radical (unpaired) electrons. The second-order valence-corrected chi connectivity index (χ2v) is 8.32. The van der Waals surface area contributed by atoms with E-state index in [2.05, 4.69) is 22.8 Å². The minimum atomic E-state index is -1.31. The Hall–Kier alpha value is -4.67. The van der Waals surface area contributed by atoms with E-state index in [1.54, 1.807) is 23.6 Å². The van der Waals surface area contributed by atoms with Crippen LogP contribution in [-0.4, -0.2) is 53.6 Å². The van der Waals surface area contributed by atoms with Crippen LogP contribution in [-0.2, 0) is 20.8 Å². The first-order chi connectivity index (χ1) is 17.8. The van der Waals surface area contributed by atoms with Crippen molar-refractivity contribution in [3.05, 3.63) is 81.8 Å². The van der Waals surface area contributed by atoms with E-state index in [1.165, 1.54) is 23.8 Å². The summed E-state index contributed by atoms with van der Waals surface area (Å²) in [5, 5.41) is 7.19. The van der Waals surface area contributed by atoms with E-state index in [9.17, 15) is 28.9 Å². The van der Waals surface area contributed by atoms with Crippen LogP contribution in [0.2, 0.25) is 0 Å². The number of hydrogen-bond donors (Lipinski definition) is 3. The third-order valence-corrected chi connectivity index (χ3v) is 5.67. The molecular formula is C26H27N5O6. The summed E-state index contributed by atoms with van der Waals surface area (Å²) in [4.78, 5) is 73.1. The number of carbonyl (C=O) groups is 5. The van der Waals surface area contributed by atoms with Crippen molar-refractivity contribution in [2.45, 2.75) is 32.2 Å². The predicted octanol–water partition coefficient (Wildman–Crippen LogP) is 1.74. The van der Waals surface area contributed by atoms with Gasteiger partial charge in [0.1, 0.15) is 6.04 Å². The van der Waals surface area contributed by atoms with Gasteiger partial charge in [-0.1, -0.05) is 49.7 Å². The van der Waals surface area contributed by atoms with Crippen LogP contribution in [0, 0.1) is 4.91 Å². The Kier molecular flexibility index (Phi) is 9.36. The minimum absolute atomic E-state index is 0.204. The van der Waals surface area contributed by atoms with Crippen molar-refractivity contribution in [2.24, 2.45) is 5.29 Å². The lowest BCUT2D eigenvalue weighted by molar-refractivity contribution is -0.129. The summed E-state index contributed by atoms with van der Waals surface area (Å²) < 4.78 is 0. The molecule has 3 N–H and O–H groups in total. The van der Waals surface area contributed by atoms with Gasteiger partial charge in [0, 0.05) is 25.6 Å². The van der Waals surface area contributed by atoms with Crippen molar-refractivity contribution >= 4 is 35.6 Å². The molecule has 192 valence electrons. The molecule has 0 aromatic heterocycles. The zero-order chi connectivity index (χ0) is 26.8. The van der Waals surface area contributed by atoms with Gasteiger partial charge in [-0.3, -0.25) is 28.9 Å². The second kappa shape index (κ2) is 12.9. The summed E-state index contributed by atoms with van der Waals surface area (Å²) >= 11 is 0. The number of hydrogen-bond acceptors (Lipinski definition) is 7. The highest BCUT2D eigenvalue weighted by molar-refractivity contribution is 6.21. The number of carbonyl (C=O) groups excluding carboxylic acids is 5. The van der Waals surface area contributed by atoms with Crippen LogP contribution in [0.4, 0.5) is 0 Å². The van der Waals surface area contributed by atoms with Gasteiger partial charge in [0.15, 0.2) is 0 Å². The molecule has 2 aromatic rings. The van der Waals surface area contributed by atoms with Crippen molar-refractivity contribution in [3.63, 3.8) is 0 Å². The average Bonchev–Trinajstić information content (AvgIpc) is 3.14. The molecule has 0 spiro atoms. The summed E-state index contributed by atoms with van der Waals surface area (Å²) in [5.74, 6) is -3.13. The fraction of sp³-hybridized carbons (Fsp3) is 0.269. The molecule has 1 aliphatic heterocycles. The highest BCUT2D eigenvalue weighted by Crippen LogP contribution is 2.22. The molecular weight excluding hydrogens is 478 g/mol. The highest BCUT2D eigenvalue weighted by Gasteiger charge is 2.35. The molecule has 1 aliphatic rings. The molecule has 0 unspecified atom stereocenters. The van der Waals surface area contributed by atoms with Gasteiger partial charge in [-0.25, -0.2) is 5.43 Å². The number of benzene rings is 2. The molecule has 0 bridgehead atoms. The maximum atomic E-state index is 12.5. The van der Waals surface area contributed by atoms with Crippen molar-refractivity contribution in [1.29, 1.82) is 0 Å². The number of imide groups is 1. The number of fused-ring (bicyclic) bond motifs is 1. The van der Waals surface area contributed by atoms with Crippen LogP contribution in [0.15, 0.2) is 59.9 Å². The van der Waals surface area contributed by atoms with Crippen molar-refractivity contribution < 1.29 is 24.0 Å². The van der Waals surface area contributed by atoms with Gasteiger partial charge in [-0.15, -0.1) is 4.91 Å². The molecule has 5 amide bonds. The quantitative estimate of drug-likeness (QED) is 0.173. The van der Waals surface area contributed by atoms with Crippen LogP contribution in [0.25, 0.3) is 6.08 Å². The third-order valence-electron chi connectivity index (χ3n) is 5.67. The highest BCUT2D eigenvalue weighted by atomic mass is 16.3. The number of rotatable bonds is 12. The number of amides is 5. The summed E-state index contributed by atoms with van der Waals surface area (Å²) in [6, 6.07) is 12.7. The maximum Gasteiger partial charge on any atom is 0.267 e. The number of nitroso groups, excluding NO2 is 1. The monoisotopic (exact) mass is 505 g/mol. The Morgan fingerprint density at radius 2 is 1.65 bits per heavy atom. The Balaban J connectivity index is 1.53. The lowest BCUT2D eigenvalue weighted by atomic mass is 10.1. The van der Waals surface area contributed by atoms with Crippen molar-refractivity contribution in [3.8, 4) is 0 Å². The molecule has 1 heterocycles. The molecule has 37 heavy (non-hydrogen) atoms. The fourth-order valence-corrected chi connectivity index (χ4v) is 3.77. The van der Waals surface area contributed by atoms with Gasteiger partial charge in [0.05, 0.1) is 16.4 Å². The molecule has 3 rings (SSSR count). The first-order valence-corrected chi connectivity index (χ1v) is 11.8. The molecule has 0 fully saturated rings. The summed E-state index contributed by atoms with van der Waals surface area (Å²) in [5.41, 5.74) is 4.23. The maximum absolute atomic E-state index is 12.5. The normalized spacial score (nSPS) is 13.3. The first-order valence-electron chi connectivity index (χ1n) is 11.8. The van der Waals surface area contributed by atoms with Crippen molar-refractivity contribution in [1.82, 2.24) is 21.0 Å².